The van der Waals surface area contributed by atoms with Crippen molar-refractivity contribution in [2.24, 2.45) is 0 Å². The van der Waals surface area contributed by atoms with Crippen LogP contribution < -0.4 is 10.1 Å². The van der Waals surface area contributed by atoms with E-state index in [0.29, 0.717) is 0 Å². The van der Waals surface area contributed by atoms with Crippen LogP contribution in [0.3, 0.4) is 0 Å². The SMILES string of the molecule is COc1cc(C)cc(C)c1CCNC(C)(C)CCO. The van der Waals surface area contributed by atoms with Gasteiger partial charge in [-0.25, -0.2) is 0 Å². The Balaban J connectivity index is 2.68. The molecule has 0 aliphatic heterocycles. The second-order valence-electron chi connectivity index (χ2n) is 5.80. The molecular weight excluding hydrogens is 238 g/mol. The topological polar surface area (TPSA) is 41.5 Å². The molecule has 1 aromatic carbocycles. The predicted octanol–water partition coefficient (Wildman–Crippen LogP) is 2.61. The number of methoxy groups -OCH3 is 1. The lowest BCUT2D eigenvalue weighted by Crippen LogP contribution is -2.41. The summed E-state index contributed by atoms with van der Waals surface area (Å²) in [5, 5.41) is 12.5. The fraction of sp³-hybridized carbons (Fsp3) is 0.625. The maximum absolute atomic E-state index is 9.02. The number of ether oxygens (including phenoxy) is 1. The number of nitrogens with one attached hydrogen (secondary N) is 1. The Morgan fingerprint density at radius 3 is 2.53 bits per heavy atom. The lowest BCUT2D eigenvalue weighted by molar-refractivity contribution is 0.231. The summed E-state index contributed by atoms with van der Waals surface area (Å²) in [6, 6.07) is 4.28. The number of aliphatic hydroxyl groups excluding tert-OH is 1. The van der Waals surface area contributed by atoms with Crippen molar-refractivity contribution < 1.29 is 9.84 Å². The maximum atomic E-state index is 9.02. The molecule has 3 nitrogen and oxygen atoms in total. The molecule has 3 heteroatoms. The Kier molecular flexibility index (Phi) is 5.83. The summed E-state index contributed by atoms with van der Waals surface area (Å²) in [7, 11) is 1.72. The van der Waals surface area contributed by atoms with Crippen LogP contribution in [0.15, 0.2) is 12.1 Å². The van der Waals surface area contributed by atoms with Crippen LogP contribution in [0.4, 0.5) is 0 Å². The summed E-state index contributed by atoms with van der Waals surface area (Å²) >= 11 is 0. The second-order valence-corrected chi connectivity index (χ2v) is 5.80. The van der Waals surface area contributed by atoms with Gasteiger partial charge in [0, 0.05) is 12.1 Å². The molecule has 0 bridgehead atoms. The molecule has 19 heavy (non-hydrogen) atoms. The van der Waals surface area contributed by atoms with E-state index in [1.807, 2.05) is 0 Å². The maximum Gasteiger partial charge on any atom is 0.122 e. The van der Waals surface area contributed by atoms with Crippen LogP contribution in [0, 0.1) is 13.8 Å². The number of rotatable bonds is 7. The number of aliphatic hydroxyl groups is 1. The van der Waals surface area contributed by atoms with Gasteiger partial charge < -0.3 is 15.2 Å². The van der Waals surface area contributed by atoms with Crippen LogP contribution in [-0.4, -0.2) is 30.9 Å². The molecule has 0 atom stereocenters. The van der Waals surface area contributed by atoms with Crippen molar-refractivity contribution >= 4 is 0 Å². The van der Waals surface area contributed by atoms with Crippen molar-refractivity contribution in [1.82, 2.24) is 5.32 Å². The zero-order valence-corrected chi connectivity index (χ0v) is 12.8. The molecule has 0 saturated carbocycles. The van der Waals surface area contributed by atoms with Gasteiger partial charge in [0.2, 0.25) is 0 Å². The molecule has 0 saturated heterocycles. The fourth-order valence-electron chi connectivity index (χ4n) is 2.35. The number of hydrogen-bond acceptors (Lipinski definition) is 3. The molecule has 108 valence electrons. The van der Waals surface area contributed by atoms with Crippen molar-refractivity contribution in [3.63, 3.8) is 0 Å². The van der Waals surface area contributed by atoms with Crippen molar-refractivity contribution in [2.45, 2.75) is 46.1 Å². The zero-order valence-electron chi connectivity index (χ0n) is 12.8. The number of hydrogen-bond donors (Lipinski definition) is 2. The van der Waals surface area contributed by atoms with E-state index in [-0.39, 0.29) is 12.1 Å². The van der Waals surface area contributed by atoms with Crippen molar-refractivity contribution in [1.29, 1.82) is 0 Å². The summed E-state index contributed by atoms with van der Waals surface area (Å²) in [5.74, 6) is 0.972. The first kappa shape index (κ1) is 16.0. The van der Waals surface area contributed by atoms with Gasteiger partial charge in [0.05, 0.1) is 7.11 Å². The Labute approximate surface area is 117 Å². The highest BCUT2D eigenvalue weighted by atomic mass is 16.5. The van der Waals surface area contributed by atoms with E-state index in [1.165, 1.54) is 16.7 Å². The predicted molar refractivity (Wildman–Crippen MR) is 80.0 cm³/mol. The summed E-state index contributed by atoms with van der Waals surface area (Å²) in [6.45, 7) is 9.54. The monoisotopic (exact) mass is 265 g/mol. The van der Waals surface area contributed by atoms with E-state index in [4.69, 9.17) is 9.84 Å². The third-order valence-corrected chi connectivity index (χ3v) is 3.51. The average molecular weight is 265 g/mol. The van der Waals surface area contributed by atoms with E-state index >= 15 is 0 Å². The fourth-order valence-corrected chi connectivity index (χ4v) is 2.35. The molecule has 0 spiro atoms. The molecule has 1 aromatic rings. The molecular formula is C16H27NO2. The Hall–Kier alpha value is -1.06. The van der Waals surface area contributed by atoms with Gasteiger partial charge in [0.25, 0.3) is 0 Å². The van der Waals surface area contributed by atoms with Crippen molar-refractivity contribution in [3.8, 4) is 5.75 Å². The smallest absolute Gasteiger partial charge is 0.122 e. The van der Waals surface area contributed by atoms with Crippen molar-refractivity contribution in [2.75, 3.05) is 20.3 Å². The molecule has 0 aliphatic rings. The first-order chi connectivity index (χ1) is 8.89. The molecule has 0 aliphatic carbocycles. The summed E-state index contributed by atoms with van der Waals surface area (Å²) in [6.07, 6.45) is 1.70. The highest BCUT2D eigenvalue weighted by molar-refractivity contribution is 5.43. The largest absolute Gasteiger partial charge is 0.496 e. The average Bonchev–Trinajstić information content (AvgIpc) is 2.31. The van der Waals surface area contributed by atoms with Gasteiger partial charge in [-0.1, -0.05) is 6.07 Å². The quantitative estimate of drug-likeness (QED) is 0.796. The summed E-state index contributed by atoms with van der Waals surface area (Å²) in [4.78, 5) is 0. The van der Waals surface area contributed by atoms with Gasteiger partial charge in [0.1, 0.15) is 5.75 Å². The van der Waals surface area contributed by atoms with Crippen LogP contribution in [0.5, 0.6) is 5.75 Å². The van der Waals surface area contributed by atoms with E-state index in [9.17, 15) is 0 Å². The minimum atomic E-state index is -0.0272. The minimum absolute atomic E-state index is 0.0272. The summed E-state index contributed by atoms with van der Waals surface area (Å²) in [5.41, 5.74) is 3.74. The van der Waals surface area contributed by atoms with Crippen LogP contribution >= 0.6 is 0 Å². The molecule has 0 aromatic heterocycles. The number of benzene rings is 1. The molecule has 0 amide bonds. The first-order valence-corrected chi connectivity index (χ1v) is 6.89. The van der Waals surface area contributed by atoms with Gasteiger partial charge in [-0.3, -0.25) is 0 Å². The van der Waals surface area contributed by atoms with Crippen LogP contribution in [0.1, 0.15) is 37.0 Å². The lowest BCUT2D eigenvalue weighted by Gasteiger charge is -2.26. The zero-order chi connectivity index (χ0) is 14.5. The molecule has 0 unspecified atom stereocenters. The third kappa shape index (κ3) is 4.84. The molecule has 1 rings (SSSR count). The molecule has 2 N–H and O–H groups in total. The van der Waals surface area contributed by atoms with E-state index < -0.39 is 0 Å². The van der Waals surface area contributed by atoms with Crippen LogP contribution in [0.25, 0.3) is 0 Å². The van der Waals surface area contributed by atoms with E-state index in [2.05, 4.69) is 45.1 Å². The normalized spacial score (nSPS) is 11.7. The lowest BCUT2D eigenvalue weighted by atomic mass is 9.99. The molecule has 0 heterocycles. The highest BCUT2D eigenvalue weighted by Crippen LogP contribution is 2.24. The van der Waals surface area contributed by atoms with Crippen LogP contribution in [-0.2, 0) is 6.42 Å². The van der Waals surface area contributed by atoms with E-state index in [1.54, 1.807) is 7.11 Å². The van der Waals surface area contributed by atoms with Gasteiger partial charge in [-0.15, -0.1) is 0 Å². The third-order valence-electron chi connectivity index (χ3n) is 3.51. The number of aryl methyl sites for hydroxylation is 2. The summed E-state index contributed by atoms with van der Waals surface area (Å²) < 4.78 is 5.47. The van der Waals surface area contributed by atoms with Crippen molar-refractivity contribution in [3.05, 3.63) is 28.8 Å². The highest BCUT2D eigenvalue weighted by Gasteiger charge is 2.16. The minimum Gasteiger partial charge on any atom is -0.496 e. The Morgan fingerprint density at radius 2 is 1.95 bits per heavy atom. The Bertz CT molecular complexity index is 413. The first-order valence-electron chi connectivity index (χ1n) is 6.89. The molecule has 0 radical (unpaired) electrons. The van der Waals surface area contributed by atoms with Gasteiger partial charge in [-0.2, -0.15) is 0 Å². The molecule has 0 fully saturated rings. The second kappa shape index (κ2) is 6.92. The van der Waals surface area contributed by atoms with Gasteiger partial charge >= 0.3 is 0 Å². The van der Waals surface area contributed by atoms with E-state index in [0.717, 1.165) is 25.1 Å². The van der Waals surface area contributed by atoms with Gasteiger partial charge in [-0.05, 0) is 69.8 Å². The standard InChI is InChI=1S/C16H27NO2/c1-12-10-13(2)14(15(11-12)19-5)6-8-17-16(3,4)7-9-18/h10-11,17-18H,6-9H2,1-5H3. The van der Waals surface area contributed by atoms with Crippen LogP contribution in [0.2, 0.25) is 0 Å². The van der Waals surface area contributed by atoms with Gasteiger partial charge in [0.15, 0.2) is 0 Å². The Morgan fingerprint density at radius 1 is 1.26 bits per heavy atom.